The summed E-state index contributed by atoms with van der Waals surface area (Å²) in [6.45, 7) is 13.6. The molecule has 2 aromatic heterocycles. The maximum Gasteiger partial charge on any atom is 0.251 e. The molecule has 0 aliphatic carbocycles. The first-order valence-electron chi connectivity index (χ1n) is 8.96. The molecule has 0 N–H and O–H groups in total. The van der Waals surface area contributed by atoms with E-state index in [2.05, 4.69) is 15.1 Å². The molecule has 0 unspecified atom stereocenters. The fourth-order valence-corrected chi connectivity index (χ4v) is 3.42. The zero-order chi connectivity index (χ0) is 19.1. The lowest BCUT2D eigenvalue weighted by Crippen LogP contribution is -2.51. The average molecular weight is 357 g/mol. The van der Waals surface area contributed by atoms with Gasteiger partial charge in [0.2, 0.25) is 5.91 Å². The van der Waals surface area contributed by atoms with Crippen LogP contribution in [0.25, 0.3) is 5.95 Å². The van der Waals surface area contributed by atoms with Gasteiger partial charge in [-0.15, -0.1) is 0 Å². The highest BCUT2D eigenvalue weighted by molar-refractivity contribution is 5.79. The lowest BCUT2D eigenvalue weighted by atomic mass is 10.1. The first-order chi connectivity index (χ1) is 12.2. The van der Waals surface area contributed by atoms with Gasteiger partial charge in [0, 0.05) is 35.7 Å². The molecule has 3 rings (SSSR count). The van der Waals surface area contributed by atoms with Crippen molar-refractivity contribution in [2.24, 2.45) is 0 Å². The molecule has 1 amide bonds. The van der Waals surface area contributed by atoms with E-state index in [1.54, 1.807) is 4.68 Å². The SMILES string of the molecule is Cc1cc(C)nc(-n2nc(C)c(CC(=O)N3CCOC(C)(C)C3)c2C)n1. The fraction of sp³-hybridized carbons (Fsp3) is 0.579. The third-order valence-electron chi connectivity index (χ3n) is 4.71. The number of amides is 1. The molecular formula is C19H27N5O2. The van der Waals surface area contributed by atoms with Crippen molar-refractivity contribution in [1.29, 1.82) is 0 Å². The molecule has 7 heteroatoms. The number of morpholine rings is 1. The molecule has 0 atom stereocenters. The molecule has 0 aromatic carbocycles. The topological polar surface area (TPSA) is 73.1 Å². The summed E-state index contributed by atoms with van der Waals surface area (Å²) in [6.07, 6.45) is 0.332. The predicted molar refractivity (Wildman–Crippen MR) is 98.4 cm³/mol. The summed E-state index contributed by atoms with van der Waals surface area (Å²) in [4.78, 5) is 23.7. The summed E-state index contributed by atoms with van der Waals surface area (Å²) in [5, 5.41) is 4.59. The largest absolute Gasteiger partial charge is 0.372 e. The van der Waals surface area contributed by atoms with E-state index in [4.69, 9.17) is 4.74 Å². The van der Waals surface area contributed by atoms with Gasteiger partial charge in [-0.2, -0.15) is 5.10 Å². The molecule has 0 bridgehead atoms. The molecule has 1 aliphatic rings. The van der Waals surface area contributed by atoms with Gasteiger partial charge in [-0.25, -0.2) is 14.6 Å². The molecule has 2 aromatic rings. The predicted octanol–water partition coefficient (Wildman–Crippen LogP) is 2.08. The van der Waals surface area contributed by atoms with E-state index in [-0.39, 0.29) is 11.5 Å². The monoisotopic (exact) mass is 357 g/mol. The quantitative estimate of drug-likeness (QED) is 0.841. The Labute approximate surface area is 154 Å². The summed E-state index contributed by atoms with van der Waals surface area (Å²) in [6, 6.07) is 1.93. The molecule has 7 nitrogen and oxygen atoms in total. The van der Waals surface area contributed by atoms with Crippen molar-refractivity contribution in [3.05, 3.63) is 34.4 Å². The Kier molecular flexibility index (Phi) is 4.84. The van der Waals surface area contributed by atoms with Crippen molar-refractivity contribution in [2.75, 3.05) is 19.7 Å². The summed E-state index contributed by atoms with van der Waals surface area (Å²) in [5.41, 5.74) is 4.19. The summed E-state index contributed by atoms with van der Waals surface area (Å²) < 4.78 is 7.44. The third-order valence-corrected chi connectivity index (χ3v) is 4.71. The second-order valence-corrected chi connectivity index (χ2v) is 7.61. The second-order valence-electron chi connectivity index (χ2n) is 7.61. The van der Waals surface area contributed by atoms with Gasteiger partial charge >= 0.3 is 0 Å². The zero-order valence-electron chi connectivity index (χ0n) is 16.5. The van der Waals surface area contributed by atoms with E-state index >= 15 is 0 Å². The van der Waals surface area contributed by atoms with Crippen molar-refractivity contribution in [1.82, 2.24) is 24.6 Å². The van der Waals surface area contributed by atoms with E-state index in [9.17, 15) is 4.79 Å². The number of nitrogens with zero attached hydrogens (tertiary/aromatic N) is 5. The zero-order valence-corrected chi connectivity index (χ0v) is 16.5. The van der Waals surface area contributed by atoms with Gasteiger partial charge in [0.25, 0.3) is 5.95 Å². The van der Waals surface area contributed by atoms with Crippen molar-refractivity contribution in [2.45, 2.75) is 53.6 Å². The molecule has 0 saturated carbocycles. The number of aromatic nitrogens is 4. The standard InChI is InChI=1S/C19H27N5O2/c1-12-9-13(2)21-18(20-12)24-15(4)16(14(3)22-24)10-17(25)23-7-8-26-19(5,6)11-23/h9H,7-8,10-11H2,1-6H3. The summed E-state index contributed by atoms with van der Waals surface area (Å²) in [5.74, 6) is 0.655. The van der Waals surface area contributed by atoms with Crippen LogP contribution in [-0.2, 0) is 16.0 Å². The number of ether oxygens (including phenoxy) is 1. The van der Waals surface area contributed by atoms with Gasteiger partial charge in [0.1, 0.15) is 0 Å². The molecule has 0 spiro atoms. The normalized spacial score (nSPS) is 16.8. The van der Waals surface area contributed by atoms with Crippen LogP contribution >= 0.6 is 0 Å². The third kappa shape index (κ3) is 3.77. The van der Waals surface area contributed by atoms with E-state index in [1.807, 2.05) is 52.5 Å². The molecule has 3 heterocycles. The highest BCUT2D eigenvalue weighted by Gasteiger charge is 2.30. The van der Waals surface area contributed by atoms with Crippen LogP contribution in [0.4, 0.5) is 0 Å². The van der Waals surface area contributed by atoms with Crippen molar-refractivity contribution >= 4 is 5.91 Å². The number of aryl methyl sites for hydroxylation is 3. The van der Waals surface area contributed by atoms with Gasteiger partial charge in [-0.1, -0.05) is 0 Å². The van der Waals surface area contributed by atoms with Crippen LogP contribution in [0.5, 0.6) is 0 Å². The van der Waals surface area contributed by atoms with E-state index in [1.165, 1.54) is 0 Å². The Morgan fingerprint density at radius 3 is 2.46 bits per heavy atom. The van der Waals surface area contributed by atoms with E-state index < -0.39 is 0 Å². The van der Waals surface area contributed by atoms with Gasteiger partial charge in [0.15, 0.2) is 0 Å². The Morgan fingerprint density at radius 2 is 1.85 bits per heavy atom. The highest BCUT2D eigenvalue weighted by Crippen LogP contribution is 2.21. The smallest absolute Gasteiger partial charge is 0.251 e. The van der Waals surface area contributed by atoms with Gasteiger partial charge in [-0.05, 0) is 47.6 Å². The molecule has 26 heavy (non-hydrogen) atoms. The molecule has 1 saturated heterocycles. The lowest BCUT2D eigenvalue weighted by Gasteiger charge is -2.38. The van der Waals surface area contributed by atoms with Crippen LogP contribution in [0.2, 0.25) is 0 Å². The van der Waals surface area contributed by atoms with Crippen molar-refractivity contribution < 1.29 is 9.53 Å². The minimum absolute atomic E-state index is 0.105. The molecule has 0 radical (unpaired) electrons. The minimum atomic E-state index is -0.297. The number of carbonyl (C=O) groups is 1. The minimum Gasteiger partial charge on any atom is -0.372 e. The molecule has 1 aliphatic heterocycles. The second kappa shape index (κ2) is 6.79. The summed E-state index contributed by atoms with van der Waals surface area (Å²) in [7, 11) is 0. The Hall–Kier alpha value is -2.28. The van der Waals surface area contributed by atoms with E-state index in [0.29, 0.717) is 32.1 Å². The Morgan fingerprint density at radius 1 is 1.19 bits per heavy atom. The van der Waals surface area contributed by atoms with Crippen molar-refractivity contribution in [3.8, 4) is 5.95 Å². The molecular weight excluding hydrogens is 330 g/mol. The van der Waals surface area contributed by atoms with Crippen LogP contribution in [-0.4, -0.2) is 55.9 Å². The summed E-state index contributed by atoms with van der Waals surface area (Å²) >= 11 is 0. The Bertz CT molecular complexity index is 820. The number of rotatable bonds is 3. The molecule has 140 valence electrons. The van der Waals surface area contributed by atoms with Gasteiger partial charge in [0.05, 0.1) is 24.3 Å². The van der Waals surface area contributed by atoms with E-state index in [0.717, 1.165) is 28.3 Å². The first kappa shape index (κ1) is 18.5. The van der Waals surface area contributed by atoms with Crippen LogP contribution in [0.15, 0.2) is 6.07 Å². The Balaban J connectivity index is 1.85. The fourth-order valence-electron chi connectivity index (χ4n) is 3.42. The van der Waals surface area contributed by atoms with Gasteiger partial charge in [-0.3, -0.25) is 4.79 Å². The first-order valence-corrected chi connectivity index (χ1v) is 8.96. The lowest BCUT2D eigenvalue weighted by molar-refractivity contribution is -0.145. The number of carbonyl (C=O) groups excluding carboxylic acids is 1. The van der Waals surface area contributed by atoms with Crippen LogP contribution < -0.4 is 0 Å². The number of hydrogen-bond acceptors (Lipinski definition) is 5. The molecule has 1 fully saturated rings. The van der Waals surface area contributed by atoms with Crippen LogP contribution in [0.3, 0.4) is 0 Å². The van der Waals surface area contributed by atoms with Gasteiger partial charge < -0.3 is 9.64 Å². The average Bonchev–Trinajstić information content (AvgIpc) is 2.81. The van der Waals surface area contributed by atoms with Crippen LogP contribution in [0, 0.1) is 27.7 Å². The maximum atomic E-state index is 12.8. The maximum absolute atomic E-state index is 12.8. The number of hydrogen-bond donors (Lipinski definition) is 0. The van der Waals surface area contributed by atoms with Crippen LogP contribution in [0.1, 0.15) is 42.2 Å². The highest BCUT2D eigenvalue weighted by atomic mass is 16.5. The van der Waals surface area contributed by atoms with Crippen molar-refractivity contribution in [3.63, 3.8) is 0 Å².